The van der Waals surface area contributed by atoms with Gasteiger partial charge in [0.2, 0.25) is 0 Å². The van der Waals surface area contributed by atoms with Crippen molar-refractivity contribution >= 4 is 14.8 Å². The van der Waals surface area contributed by atoms with Crippen molar-refractivity contribution in [1.29, 1.82) is 0 Å². The van der Waals surface area contributed by atoms with Crippen LogP contribution >= 0.6 is 0 Å². The molecule has 4 atom stereocenters. The maximum absolute atomic E-state index is 11.1. The van der Waals surface area contributed by atoms with Crippen molar-refractivity contribution in [3.8, 4) is 0 Å². The second-order valence-electron chi connectivity index (χ2n) is 4.88. The van der Waals surface area contributed by atoms with E-state index in [1.54, 1.807) is 0 Å². The van der Waals surface area contributed by atoms with E-state index in [-0.39, 0.29) is 24.2 Å². The summed E-state index contributed by atoms with van der Waals surface area (Å²) in [4.78, 5) is 11.1. The van der Waals surface area contributed by atoms with Gasteiger partial charge in [-0.1, -0.05) is 20.8 Å². The average Bonchev–Trinajstić information content (AvgIpc) is 2.23. The molecule has 0 aliphatic carbocycles. The minimum atomic E-state index is -2.60. The first-order valence-electron chi connectivity index (χ1n) is 5.65. The Morgan fingerprint density at radius 3 is 2.56 bits per heavy atom. The highest BCUT2D eigenvalue weighted by Gasteiger charge is 2.57. The van der Waals surface area contributed by atoms with Crippen molar-refractivity contribution in [3.63, 3.8) is 0 Å². The summed E-state index contributed by atoms with van der Waals surface area (Å²) in [5.41, 5.74) is 0.178. The Kier molecular flexibility index (Phi) is 3.09. The molecule has 2 aliphatic rings. The molecular weight excluding hydrogens is 228 g/mol. The van der Waals surface area contributed by atoms with Crippen molar-refractivity contribution in [2.75, 3.05) is 13.2 Å². The van der Waals surface area contributed by atoms with Gasteiger partial charge in [0, 0.05) is 18.1 Å². The van der Waals surface area contributed by atoms with Crippen LogP contribution in [0, 0.1) is 11.8 Å². The Labute approximate surface area is 96.1 Å². The predicted molar refractivity (Wildman–Crippen MR) is 57.9 cm³/mol. The van der Waals surface area contributed by atoms with Crippen LogP contribution in [0.2, 0.25) is 5.54 Å². The lowest BCUT2D eigenvalue weighted by atomic mass is 9.93. The largest absolute Gasteiger partial charge is 0.503 e. The molecule has 0 amide bonds. The van der Waals surface area contributed by atoms with E-state index < -0.39 is 20.7 Å². The first kappa shape index (κ1) is 12.0. The SMILES string of the molecule is CC1CO[Si]2(C(C)C)OCC(C(=O)O)C1O2. The molecule has 0 aromatic heterocycles. The lowest BCUT2D eigenvalue weighted by Gasteiger charge is -2.48. The maximum atomic E-state index is 11.1. The lowest BCUT2D eigenvalue weighted by Crippen LogP contribution is -2.64. The third kappa shape index (κ3) is 1.79. The molecule has 0 radical (unpaired) electrons. The molecule has 1 N–H and O–H groups in total. The van der Waals surface area contributed by atoms with Crippen LogP contribution < -0.4 is 0 Å². The van der Waals surface area contributed by atoms with E-state index in [9.17, 15) is 4.79 Å². The van der Waals surface area contributed by atoms with Crippen molar-refractivity contribution in [1.82, 2.24) is 0 Å². The summed E-state index contributed by atoms with van der Waals surface area (Å²) in [6, 6.07) is 0. The van der Waals surface area contributed by atoms with E-state index in [1.807, 2.05) is 20.8 Å². The van der Waals surface area contributed by atoms with Gasteiger partial charge in [-0.3, -0.25) is 4.79 Å². The number of hydrogen-bond donors (Lipinski definition) is 1. The van der Waals surface area contributed by atoms with Crippen LogP contribution in [-0.4, -0.2) is 39.2 Å². The Morgan fingerprint density at radius 2 is 2.00 bits per heavy atom. The molecule has 0 aromatic carbocycles. The molecular formula is C10H18O5Si. The summed E-state index contributed by atoms with van der Waals surface area (Å²) in [6.07, 6.45) is -0.255. The third-order valence-corrected chi connectivity index (χ3v) is 6.45. The number of carbonyl (C=O) groups is 1. The van der Waals surface area contributed by atoms with Crippen LogP contribution in [0.4, 0.5) is 0 Å². The molecule has 0 spiro atoms. The first-order chi connectivity index (χ1) is 7.46. The van der Waals surface area contributed by atoms with Gasteiger partial charge in [0.25, 0.3) is 0 Å². The lowest BCUT2D eigenvalue weighted by molar-refractivity contribution is -0.166. The second-order valence-corrected chi connectivity index (χ2v) is 8.06. The molecule has 2 saturated heterocycles. The van der Waals surface area contributed by atoms with Crippen LogP contribution in [-0.2, 0) is 18.1 Å². The minimum Gasteiger partial charge on any atom is -0.481 e. The quantitative estimate of drug-likeness (QED) is 0.740. The molecule has 0 aromatic rings. The highest BCUT2D eigenvalue weighted by molar-refractivity contribution is 6.62. The fraction of sp³-hybridized carbons (Fsp3) is 0.900. The van der Waals surface area contributed by atoms with E-state index in [4.69, 9.17) is 18.4 Å². The molecule has 2 heterocycles. The van der Waals surface area contributed by atoms with Crippen LogP contribution in [0.5, 0.6) is 0 Å². The predicted octanol–water partition coefficient (Wildman–Crippen LogP) is 1.12. The number of carboxylic acids is 1. The molecule has 16 heavy (non-hydrogen) atoms. The normalized spacial score (nSPS) is 43.4. The molecule has 2 bridgehead atoms. The summed E-state index contributed by atoms with van der Waals surface area (Å²) in [5.74, 6) is -1.28. The first-order valence-corrected chi connectivity index (χ1v) is 7.45. The van der Waals surface area contributed by atoms with Gasteiger partial charge in [0.1, 0.15) is 5.92 Å². The minimum absolute atomic E-state index is 0.115. The highest BCUT2D eigenvalue weighted by Crippen LogP contribution is 2.39. The molecule has 2 aliphatic heterocycles. The number of carboxylic acid groups (broad SMARTS) is 1. The fourth-order valence-corrected chi connectivity index (χ4v) is 5.06. The van der Waals surface area contributed by atoms with Gasteiger partial charge in [0.15, 0.2) is 0 Å². The van der Waals surface area contributed by atoms with Crippen LogP contribution in [0.3, 0.4) is 0 Å². The van der Waals surface area contributed by atoms with E-state index in [0.29, 0.717) is 6.61 Å². The zero-order chi connectivity index (χ0) is 11.9. The van der Waals surface area contributed by atoms with Gasteiger partial charge >= 0.3 is 14.8 Å². The Balaban J connectivity index is 2.20. The Bertz CT molecular complexity index is 295. The van der Waals surface area contributed by atoms with Crippen molar-refractivity contribution in [3.05, 3.63) is 0 Å². The Hall–Kier alpha value is -0.433. The molecule has 2 fully saturated rings. The van der Waals surface area contributed by atoms with E-state index in [0.717, 1.165) is 0 Å². The zero-order valence-electron chi connectivity index (χ0n) is 9.80. The van der Waals surface area contributed by atoms with Crippen molar-refractivity contribution < 1.29 is 23.2 Å². The van der Waals surface area contributed by atoms with E-state index in [2.05, 4.69) is 0 Å². The molecule has 92 valence electrons. The van der Waals surface area contributed by atoms with Crippen LogP contribution in [0.1, 0.15) is 20.8 Å². The van der Waals surface area contributed by atoms with E-state index in [1.165, 1.54) is 0 Å². The van der Waals surface area contributed by atoms with E-state index >= 15 is 0 Å². The summed E-state index contributed by atoms with van der Waals surface area (Å²) < 4.78 is 17.2. The van der Waals surface area contributed by atoms with Gasteiger partial charge in [0.05, 0.1) is 12.7 Å². The average molecular weight is 246 g/mol. The topological polar surface area (TPSA) is 65.0 Å². The van der Waals surface area contributed by atoms with Gasteiger partial charge < -0.3 is 18.4 Å². The van der Waals surface area contributed by atoms with Crippen molar-refractivity contribution in [2.45, 2.75) is 32.4 Å². The van der Waals surface area contributed by atoms with Crippen LogP contribution in [0.15, 0.2) is 0 Å². The van der Waals surface area contributed by atoms with Gasteiger partial charge in [-0.25, -0.2) is 0 Å². The zero-order valence-corrected chi connectivity index (χ0v) is 10.8. The number of fused-ring (bicyclic) bond motifs is 2. The van der Waals surface area contributed by atoms with Crippen molar-refractivity contribution in [2.24, 2.45) is 11.8 Å². The molecule has 5 nitrogen and oxygen atoms in total. The van der Waals surface area contributed by atoms with Gasteiger partial charge in [-0.05, 0) is 0 Å². The number of rotatable bonds is 2. The summed E-state index contributed by atoms with van der Waals surface area (Å²) in [5, 5.41) is 9.11. The molecule has 4 unspecified atom stereocenters. The molecule has 2 rings (SSSR count). The highest BCUT2D eigenvalue weighted by atomic mass is 28.4. The fourth-order valence-electron chi connectivity index (χ4n) is 2.22. The summed E-state index contributed by atoms with van der Waals surface area (Å²) in [6.45, 7) is 6.72. The number of hydrogen-bond acceptors (Lipinski definition) is 4. The second kappa shape index (κ2) is 4.10. The summed E-state index contributed by atoms with van der Waals surface area (Å²) in [7, 11) is -2.60. The maximum Gasteiger partial charge on any atom is 0.503 e. The monoisotopic (exact) mass is 246 g/mol. The van der Waals surface area contributed by atoms with Gasteiger partial charge in [-0.2, -0.15) is 0 Å². The van der Waals surface area contributed by atoms with Crippen LogP contribution in [0.25, 0.3) is 0 Å². The Morgan fingerprint density at radius 1 is 1.38 bits per heavy atom. The number of aliphatic carboxylic acids is 1. The van der Waals surface area contributed by atoms with Gasteiger partial charge in [-0.15, -0.1) is 0 Å². The molecule has 6 heteroatoms. The standard InChI is InChI=1S/C10H18O5Si/c1-6(2)16-13-4-7(3)9(15-16)8(5-14-16)10(11)12/h6-9H,4-5H2,1-3H3,(H,11,12). The smallest absolute Gasteiger partial charge is 0.481 e. The third-order valence-electron chi connectivity index (χ3n) is 3.29. The summed E-state index contributed by atoms with van der Waals surface area (Å²) >= 11 is 0. The molecule has 0 saturated carbocycles.